The molecule has 1 aromatic rings. The Kier molecular flexibility index (Phi) is 7.71. The van der Waals surface area contributed by atoms with Gasteiger partial charge in [-0.05, 0) is 106 Å². The topological polar surface area (TPSA) is 26.3 Å². The molecule has 1 rings (SSSR count). The molecule has 0 aliphatic heterocycles. The number of carbonyl (C=O) groups is 1. The molecule has 0 saturated carbocycles. The number of hydrogen-bond donors (Lipinski definition) is 0. The van der Waals surface area contributed by atoms with Crippen molar-refractivity contribution in [2.45, 2.75) is 99.5 Å². The Balaban J connectivity index is 2.83. The minimum Gasteiger partial charge on any atom is -0.462 e. The highest BCUT2D eigenvalue weighted by atomic mass is 16.5. The monoisotopic (exact) mass is 346 g/mol. The zero-order valence-electron chi connectivity index (χ0n) is 17.7. The first kappa shape index (κ1) is 21.7. The van der Waals surface area contributed by atoms with Crippen molar-refractivity contribution in [3.05, 3.63) is 33.9 Å². The summed E-state index contributed by atoms with van der Waals surface area (Å²) in [4.78, 5) is 10.6. The zero-order valence-corrected chi connectivity index (χ0v) is 17.7. The van der Waals surface area contributed by atoms with E-state index in [1.54, 1.807) is 0 Å². The lowest BCUT2D eigenvalue weighted by Gasteiger charge is -2.23. The first-order valence-corrected chi connectivity index (χ1v) is 9.67. The van der Waals surface area contributed by atoms with Gasteiger partial charge in [0.2, 0.25) is 0 Å². The second kappa shape index (κ2) is 8.87. The molecule has 0 unspecified atom stereocenters. The fourth-order valence-corrected chi connectivity index (χ4v) is 3.51. The van der Waals surface area contributed by atoms with Crippen molar-refractivity contribution in [2.24, 2.45) is 5.41 Å². The number of aryl methyl sites for hydroxylation is 2. The largest absolute Gasteiger partial charge is 0.462 e. The Morgan fingerprint density at radius 1 is 0.920 bits per heavy atom. The Morgan fingerprint density at radius 3 is 2.08 bits per heavy atom. The second-order valence-electron chi connectivity index (χ2n) is 9.32. The highest BCUT2D eigenvalue weighted by Crippen LogP contribution is 2.28. The van der Waals surface area contributed by atoms with Gasteiger partial charge in [0.25, 0.3) is 6.47 Å². The summed E-state index contributed by atoms with van der Waals surface area (Å²) in [6, 6.07) is 2.39. The van der Waals surface area contributed by atoms with Crippen LogP contribution in [-0.4, -0.2) is 12.1 Å². The summed E-state index contributed by atoms with van der Waals surface area (Å²) in [5.41, 5.74) is 7.31. The van der Waals surface area contributed by atoms with Crippen molar-refractivity contribution in [1.29, 1.82) is 0 Å². The van der Waals surface area contributed by atoms with E-state index < -0.39 is 0 Å². The number of hydrogen-bond acceptors (Lipinski definition) is 2. The van der Waals surface area contributed by atoms with E-state index in [-0.39, 0.29) is 5.60 Å². The van der Waals surface area contributed by atoms with Crippen LogP contribution in [0.4, 0.5) is 0 Å². The van der Waals surface area contributed by atoms with Gasteiger partial charge in [-0.25, -0.2) is 0 Å². The van der Waals surface area contributed by atoms with Gasteiger partial charge >= 0.3 is 0 Å². The first-order chi connectivity index (χ1) is 11.5. The van der Waals surface area contributed by atoms with Gasteiger partial charge < -0.3 is 4.74 Å². The Hall–Kier alpha value is -1.31. The van der Waals surface area contributed by atoms with Crippen molar-refractivity contribution >= 4 is 6.47 Å². The number of ether oxygens (including phenoxy) is 1. The van der Waals surface area contributed by atoms with Crippen LogP contribution in [0.2, 0.25) is 0 Å². The van der Waals surface area contributed by atoms with Gasteiger partial charge in [-0.1, -0.05) is 26.8 Å². The Labute approximate surface area is 155 Å². The predicted octanol–water partition coefficient (Wildman–Crippen LogP) is 6.25. The van der Waals surface area contributed by atoms with Crippen molar-refractivity contribution in [2.75, 3.05) is 0 Å². The van der Waals surface area contributed by atoms with Crippen molar-refractivity contribution in [3.8, 4) is 0 Å². The first-order valence-electron chi connectivity index (χ1n) is 9.67. The third-order valence-electron chi connectivity index (χ3n) is 5.31. The third-order valence-corrected chi connectivity index (χ3v) is 5.31. The van der Waals surface area contributed by atoms with E-state index in [0.717, 1.165) is 25.7 Å². The maximum Gasteiger partial charge on any atom is 0.293 e. The Bertz CT molecular complexity index is 577. The van der Waals surface area contributed by atoms with E-state index >= 15 is 0 Å². The predicted molar refractivity (Wildman–Crippen MR) is 107 cm³/mol. The molecule has 2 heteroatoms. The van der Waals surface area contributed by atoms with E-state index in [4.69, 9.17) is 4.74 Å². The fourth-order valence-electron chi connectivity index (χ4n) is 3.51. The molecule has 0 N–H and O–H groups in total. The number of carbonyl (C=O) groups excluding carboxylic acids is 1. The van der Waals surface area contributed by atoms with Crippen LogP contribution in [0.1, 0.15) is 88.1 Å². The van der Waals surface area contributed by atoms with E-state index in [0.29, 0.717) is 11.9 Å². The van der Waals surface area contributed by atoms with Crippen LogP contribution >= 0.6 is 0 Å². The van der Waals surface area contributed by atoms with Crippen LogP contribution in [0.25, 0.3) is 0 Å². The normalized spacial score (nSPS) is 12.3. The lowest BCUT2D eigenvalue weighted by Crippen LogP contribution is -2.23. The molecule has 2 nitrogen and oxygen atoms in total. The zero-order chi connectivity index (χ0) is 19.3. The minimum atomic E-state index is -0.372. The van der Waals surface area contributed by atoms with Gasteiger partial charge in [0, 0.05) is 0 Å². The molecule has 0 amide bonds. The Morgan fingerprint density at radius 2 is 1.52 bits per heavy atom. The van der Waals surface area contributed by atoms with Gasteiger partial charge in [-0.3, -0.25) is 4.79 Å². The maximum atomic E-state index is 10.6. The number of rotatable bonds is 9. The number of benzene rings is 1. The van der Waals surface area contributed by atoms with Crippen LogP contribution in [-0.2, 0) is 22.4 Å². The summed E-state index contributed by atoms with van der Waals surface area (Å²) >= 11 is 0. The smallest absolute Gasteiger partial charge is 0.293 e. The van der Waals surface area contributed by atoms with Crippen LogP contribution in [0, 0.1) is 26.2 Å². The molecule has 1 aromatic carbocycles. The highest BCUT2D eigenvalue weighted by Gasteiger charge is 2.19. The molecule has 0 heterocycles. The molecule has 0 aliphatic carbocycles. The lowest BCUT2D eigenvalue weighted by molar-refractivity contribution is -0.140. The van der Waals surface area contributed by atoms with Crippen LogP contribution in [0.3, 0.4) is 0 Å². The highest BCUT2D eigenvalue weighted by molar-refractivity contribution is 5.44. The average Bonchev–Trinajstić information content (AvgIpc) is 2.46. The second-order valence-corrected chi connectivity index (χ2v) is 9.32. The van der Waals surface area contributed by atoms with Crippen molar-refractivity contribution in [3.63, 3.8) is 0 Å². The summed E-state index contributed by atoms with van der Waals surface area (Å²) in [6.07, 6.45) is 6.64. The molecule has 25 heavy (non-hydrogen) atoms. The standard InChI is InChI=1S/C23H38O2/c1-17-15-20(11-9-13-22(4,5)6)19(3)21(18(17)2)12-10-14-23(7,8)25-16-24/h15-16H,9-14H2,1-8H3. The van der Waals surface area contributed by atoms with Crippen LogP contribution in [0.15, 0.2) is 6.07 Å². The van der Waals surface area contributed by atoms with Gasteiger partial charge in [-0.15, -0.1) is 0 Å². The molecule has 142 valence electrons. The van der Waals surface area contributed by atoms with E-state index in [2.05, 4.69) is 47.6 Å². The molecule has 0 aromatic heterocycles. The van der Waals surface area contributed by atoms with E-state index in [9.17, 15) is 4.79 Å². The lowest BCUT2D eigenvalue weighted by atomic mass is 9.85. The molecule has 0 radical (unpaired) electrons. The van der Waals surface area contributed by atoms with E-state index in [1.807, 2.05) is 13.8 Å². The van der Waals surface area contributed by atoms with Gasteiger partial charge in [0.05, 0.1) is 0 Å². The van der Waals surface area contributed by atoms with Crippen molar-refractivity contribution in [1.82, 2.24) is 0 Å². The van der Waals surface area contributed by atoms with Gasteiger partial charge in [0.15, 0.2) is 0 Å². The van der Waals surface area contributed by atoms with Crippen molar-refractivity contribution < 1.29 is 9.53 Å². The van der Waals surface area contributed by atoms with Crippen LogP contribution in [0.5, 0.6) is 0 Å². The van der Waals surface area contributed by atoms with E-state index in [1.165, 1.54) is 40.7 Å². The molecule has 0 aliphatic rings. The maximum absolute atomic E-state index is 10.6. The molecule has 0 fully saturated rings. The van der Waals surface area contributed by atoms with Gasteiger partial charge in [0.1, 0.15) is 5.60 Å². The molecular formula is C23H38O2. The van der Waals surface area contributed by atoms with Gasteiger partial charge in [-0.2, -0.15) is 0 Å². The summed E-state index contributed by atoms with van der Waals surface area (Å²) < 4.78 is 5.18. The third kappa shape index (κ3) is 7.22. The molecular weight excluding hydrogens is 308 g/mol. The molecule has 0 saturated heterocycles. The molecule has 0 spiro atoms. The minimum absolute atomic E-state index is 0.372. The SMILES string of the molecule is Cc1cc(CCCC(C)(C)C)c(C)c(CCCC(C)(C)OC=O)c1C. The summed E-state index contributed by atoms with van der Waals surface area (Å²) in [5.74, 6) is 0. The van der Waals surface area contributed by atoms with Crippen LogP contribution < -0.4 is 0 Å². The summed E-state index contributed by atoms with van der Waals surface area (Å²) in [7, 11) is 0. The molecule has 0 atom stereocenters. The fraction of sp³-hybridized carbons (Fsp3) is 0.696. The quantitative estimate of drug-likeness (QED) is 0.494. The molecule has 0 bridgehead atoms. The summed E-state index contributed by atoms with van der Waals surface area (Å²) in [5, 5.41) is 0. The average molecular weight is 347 g/mol. The summed E-state index contributed by atoms with van der Waals surface area (Å²) in [6.45, 7) is 18.2.